The molecular formula is C15H13F2NO4. The van der Waals surface area contributed by atoms with Crippen molar-refractivity contribution < 1.29 is 27.5 Å². The fourth-order valence-corrected chi connectivity index (χ4v) is 1.70. The zero-order valence-electron chi connectivity index (χ0n) is 11.6. The summed E-state index contributed by atoms with van der Waals surface area (Å²) in [4.78, 5) is 23.5. The number of hydrogen-bond acceptors (Lipinski definition) is 4. The van der Waals surface area contributed by atoms with Crippen molar-refractivity contribution in [1.29, 1.82) is 0 Å². The predicted octanol–water partition coefficient (Wildman–Crippen LogP) is 2.42. The van der Waals surface area contributed by atoms with E-state index in [-0.39, 0.29) is 6.54 Å². The Morgan fingerprint density at radius 1 is 1.23 bits per heavy atom. The number of carbonyl (C=O) groups is 2. The lowest BCUT2D eigenvalue weighted by Crippen LogP contribution is -2.35. The molecule has 7 heteroatoms. The lowest BCUT2D eigenvalue weighted by molar-refractivity contribution is -0.129. The van der Waals surface area contributed by atoms with Crippen LogP contribution in [0.15, 0.2) is 41.0 Å². The molecule has 0 saturated heterocycles. The minimum atomic E-state index is -1.24. The summed E-state index contributed by atoms with van der Waals surface area (Å²) in [5.41, 5.74) is -0.826. The average Bonchev–Trinajstić information content (AvgIpc) is 2.97. The standard InChI is InChI=1S/C15H13F2NO4/c1-9(14(19)18-8-10-4-3-7-21-10)22-15(20)13-11(16)5-2-6-12(13)17/h2-7,9H,8H2,1H3,(H,18,19)/t9-/m0/s1. The maximum absolute atomic E-state index is 13.4. The monoisotopic (exact) mass is 309 g/mol. The lowest BCUT2D eigenvalue weighted by Gasteiger charge is -2.13. The van der Waals surface area contributed by atoms with Crippen LogP contribution in [0.5, 0.6) is 0 Å². The van der Waals surface area contributed by atoms with Gasteiger partial charge in [-0.2, -0.15) is 0 Å². The van der Waals surface area contributed by atoms with Crippen LogP contribution in [0.2, 0.25) is 0 Å². The first-order valence-electron chi connectivity index (χ1n) is 6.44. The van der Waals surface area contributed by atoms with Gasteiger partial charge in [0.15, 0.2) is 6.10 Å². The van der Waals surface area contributed by atoms with E-state index in [1.165, 1.54) is 13.2 Å². The molecule has 0 aliphatic rings. The maximum Gasteiger partial charge on any atom is 0.344 e. The number of esters is 1. The summed E-state index contributed by atoms with van der Waals surface area (Å²) in [6.45, 7) is 1.41. The van der Waals surface area contributed by atoms with Crippen LogP contribution in [0.25, 0.3) is 0 Å². The fourth-order valence-electron chi connectivity index (χ4n) is 1.70. The highest BCUT2D eigenvalue weighted by atomic mass is 19.1. The van der Waals surface area contributed by atoms with Gasteiger partial charge in [-0.1, -0.05) is 6.07 Å². The van der Waals surface area contributed by atoms with Gasteiger partial charge >= 0.3 is 5.97 Å². The van der Waals surface area contributed by atoms with E-state index in [4.69, 9.17) is 9.15 Å². The average molecular weight is 309 g/mol. The molecule has 0 aliphatic heterocycles. The Kier molecular flexibility index (Phi) is 4.88. The lowest BCUT2D eigenvalue weighted by atomic mass is 10.2. The second kappa shape index (κ2) is 6.84. The van der Waals surface area contributed by atoms with Crippen molar-refractivity contribution in [2.45, 2.75) is 19.6 Å². The van der Waals surface area contributed by atoms with Crippen molar-refractivity contribution >= 4 is 11.9 Å². The molecule has 0 radical (unpaired) electrons. The second-order valence-electron chi connectivity index (χ2n) is 4.44. The van der Waals surface area contributed by atoms with Crippen LogP contribution in [0.3, 0.4) is 0 Å². The molecule has 0 spiro atoms. The molecule has 5 nitrogen and oxygen atoms in total. The first-order chi connectivity index (χ1) is 10.5. The molecule has 1 atom stereocenters. The van der Waals surface area contributed by atoms with Crippen molar-refractivity contribution in [3.8, 4) is 0 Å². The number of benzene rings is 1. The van der Waals surface area contributed by atoms with Crippen molar-refractivity contribution in [3.05, 3.63) is 59.6 Å². The third-order valence-corrected chi connectivity index (χ3v) is 2.84. The molecule has 0 aliphatic carbocycles. The number of amides is 1. The van der Waals surface area contributed by atoms with Crippen LogP contribution < -0.4 is 5.32 Å². The summed E-state index contributed by atoms with van der Waals surface area (Å²) >= 11 is 0. The molecule has 0 unspecified atom stereocenters. The largest absolute Gasteiger partial charge is 0.467 e. The summed E-state index contributed by atoms with van der Waals surface area (Å²) in [7, 11) is 0. The number of ether oxygens (including phenoxy) is 1. The molecule has 2 rings (SSSR count). The Morgan fingerprint density at radius 3 is 2.50 bits per heavy atom. The molecule has 0 bridgehead atoms. The van der Waals surface area contributed by atoms with Gasteiger partial charge < -0.3 is 14.5 Å². The van der Waals surface area contributed by atoms with Gasteiger partial charge in [-0.25, -0.2) is 13.6 Å². The van der Waals surface area contributed by atoms with Gasteiger partial charge in [0, 0.05) is 0 Å². The van der Waals surface area contributed by atoms with Gasteiger partial charge in [-0.3, -0.25) is 4.79 Å². The predicted molar refractivity (Wildman–Crippen MR) is 71.8 cm³/mol. The third kappa shape index (κ3) is 3.69. The number of hydrogen-bond donors (Lipinski definition) is 1. The molecular weight excluding hydrogens is 296 g/mol. The highest BCUT2D eigenvalue weighted by Crippen LogP contribution is 2.14. The summed E-state index contributed by atoms with van der Waals surface area (Å²) in [5, 5.41) is 2.47. The minimum absolute atomic E-state index is 0.113. The van der Waals surface area contributed by atoms with Gasteiger partial charge in [0.2, 0.25) is 0 Å². The normalized spacial score (nSPS) is 11.8. The summed E-state index contributed by atoms with van der Waals surface area (Å²) < 4.78 is 36.7. The smallest absolute Gasteiger partial charge is 0.344 e. The molecule has 1 heterocycles. The first kappa shape index (κ1) is 15.7. The molecule has 1 aromatic heterocycles. The van der Waals surface area contributed by atoms with Crippen molar-refractivity contribution in [2.75, 3.05) is 0 Å². The van der Waals surface area contributed by atoms with Crippen LogP contribution in [0, 0.1) is 11.6 Å². The molecule has 0 saturated carbocycles. The van der Waals surface area contributed by atoms with Gasteiger partial charge in [-0.15, -0.1) is 0 Å². The van der Waals surface area contributed by atoms with E-state index >= 15 is 0 Å². The van der Waals surface area contributed by atoms with E-state index in [9.17, 15) is 18.4 Å². The van der Waals surface area contributed by atoms with Crippen LogP contribution >= 0.6 is 0 Å². The quantitative estimate of drug-likeness (QED) is 0.861. The SMILES string of the molecule is C[C@H](OC(=O)c1c(F)cccc1F)C(=O)NCc1ccco1. The van der Waals surface area contributed by atoms with E-state index in [1.54, 1.807) is 12.1 Å². The number of furan rings is 1. The maximum atomic E-state index is 13.4. The number of carbonyl (C=O) groups excluding carboxylic acids is 2. The zero-order valence-corrected chi connectivity index (χ0v) is 11.6. The van der Waals surface area contributed by atoms with Gasteiger partial charge in [-0.05, 0) is 31.2 Å². The van der Waals surface area contributed by atoms with Crippen LogP contribution in [0.1, 0.15) is 23.0 Å². The topological polar surface area (TPSA) is 68.5 Å². The minimum Gasteiger partial charge on any atom is -0.467 e. The molecule has 2 aromatic rings. The zero-order chi connectivity index (χ0) is 16.1. The van der Waals surface area contributed by atoms with Crippen LogP contribution in [-0.2, 0) is 16.1 Å². The van der Waals surface area contributed by atoms with E-state index in [2.05, 4.69) is 5.32 Å². The second-order valence-corrected chi connectivity index (χ2v) is 4.44. The van der Waals surface area contributed by atoms with Crippen molar-refractivity contribution in [1.82, 2.24) is 5.32 Å². The summed E-state index contributed by atoms with van der Waals surface area (Å²) in [6, 6.07) is 6.31. The number of halogens is 2. The highest BCUT2D eigenvalue weighted by Gasteiger charge is 2.23. The first-order valence-corrected chi connectivity index (χ1v) is 6.44. The van der Waals surface area contributed by atoms with Crippen molar-refractivity contribution in [2.24, 2.45) is 0 Å². The van der Waals surface area contributed by atoms with Gasteiger partial charge in [0.25, 0.3) is 5.91 Å². The number of nitrogens with one attached hydrogen (secondary N) is 1. The van der Waals surface area contributed by atoms with Crippen LogP contribution in [0.4, 0.5) is 8.78 Å². The van der Waals surface area contributed by atoms with Crippen LogP contribution in [-0.4, -0.2) is 18.0 Å². The molecule has 1 N–H and O–H groups in total. The fraction of sp³-hybridized carbons (Fsp3) is 0.200. The molecule has 116 valence electrons. The van der Waals surface area contributed by atoms with E-state index in [1.807, 2.05) is 0 Å². The van der Waals surface area contributed by atoms with E-state index in [0.717, 1.165) is 18.2 Å². The molecule has 1 amide bonds. The van der Waals surface area contributed by atoms with E-state index in [0.29, 0.717) is 5.76 Å². The summed E-state index contributed by atoms with van der Waals surface area (Å²) in [6.07, 6.45) is 0.243. The molecule has 0 fully saturated rings. The Labute approximate surface area is 124 Å². The Hall–Kier alpha value is -2.70. The van der Waals surface area contributed by atoms with E-state index < -0.39 is 35.2 Å². The third-order valence-electron chi connectivity index (χ3n) is 2.84. The summed E-state index contributed by atoms with van der Waals surface area (Å²) in [5.74, 6) is -3.42. The highest BCUT2D eigenvalue weighted by molar-refractivity contribution is 5.92. The Morgan fingerprint density at radius 2 is 1.91 bits per heavy atom. The number of rotatable bonds is 5. The van der Waals surface area contributed by atoms with Gasteiger partial charge in [0.1, 0.15) is 23.0 Å². The Balaban J connectivity index is 1.94. The molecule has 1 aromatic carbocycles. The van der Waals surface area contributed by atoms with Gasteiger partial charge in [0.05, 0.1) is 12.8 Å². The van der Waals surface area contributed by atoms with Crippen molar-refractivity contribution in [3.63, 3.8) is 0 Å². The molecule has 22 heavy (non-hydrogen) atoms. The Bertz CT molecular complexity index is 650.